The Labute approximate surface area is 224 Å². The van der Waals surface area contributed by atoms with Crippen molar-refractivity contribution in [1.29, 1.82) is 0 Å². The second-order valence-electron chi connectivity index (χ2n) is 10.9. The van der Waals surface area contributed by atoms with E-state index in [2.05, 4.69) is 97.1 Å². The predicted molar refractivity (Wildman–Crippen MR) is 153 cm³/mol. The summed E-state index contributed by atoms with van der Waals surface area (Å²) in [7, 11) is -2.23. The van der Waals surface area contributed by atoms with Crippen LogP contribution in [0.3, 0.4) is 0 Å². The molecule has 1 N–H and O–H groups in total. The van der Waals surface area contributed by atoms with E-state index in [1.165, 1.54) is 22.3 Å². The topological polar surface area (TPSA) is 38.7 Å². The molecule has 4 aromatic carbocycles. The highest BCUT2D eigenvalue weighted by Crippen LogP contribution is 2.60. The maximum absolute atomic E-state index is 11.3. The van der Waals surface area contributed by atoms with Crippen molar-refractivity contribution >= 4 is 32.3 Å². The Kier molecular flexibility index (Phi) is 4.81. The van der Waals surface area contributed by atoms with E-state index in [0.29, 0.717) is 11.5 Å². The molecule has 0 aliphatic heterocycles. The van der Waals surface area contributed by atoms with Gasteiger partial charge < -0.3 is 13.9 Å². The van der Waals surface area contributed by atoms with Crippen LogP contribution in [0.2, 0.25) is 0 Å². The Hall–Kier alpha value is -3.65. The van der Waals surface area contributed by atoms with Gasteiger partial charge in [-0.05, 0) is 71.2 Å². The van der Waals surface area contributed by atoms with Crippen molar-refractivity contribution in [3.05, 3.63) is 142 Å². The van der Waals surface area contributed by atoms with Gasteiger partial charge >= 0.3 is 8.60 Å². The molecule has 4 heteroatoms. The van der Waals surface area contributed by atoms with Gasteiger partial charge in [-0.25, -0.2) is 0 Å². The van der Waals surface area contributed by atoms with Crippen LogP contribution in [0.15, 0.2) is 97.1 Å². The Balaban J connectivity index is 1.18. The fraction of sp³-hybridized carbons (Fsp3) is 0.176. The van der Waals surface area contributed by atoms with Gasteiger partial charge in [0.25, 0.3) is 0 Å². The summed E-state index contributed by atoms with van der Waals surface area (Å²) in [5.74, 6) is 1.32. The van der Waals surface area contributed by atoms with Crippen molar-refractivity contribution < 1.29 is 13.9 Å². The zero-order valence-electron chi connectivity index (χ0n) is 20.9. The molecule has 4 aliphatic carbocycles. The summed E-state index contributed by atoms with van der Waals surface area (Å²) >= 11 is 0. The number of hydrogen-bond donors (Lipinski definition) is 1. The first-order chi connectivity index (χ1) is 18.7. The lowest BCUT2D eigenvalue weighted by molar-refractivity contribution is 0.349. The van der Waals surface area contributed by atoms with Crippen LogP contribution < -0.4 is 0 Å². The Morgan fingerprint density at radius 1 is 0.500 bits per heavy atom. The zero-order chi connectivity index (χ0) is 25.3. The summed E-state index contributed by atoms with van der Waals surface area (Å²) < 4.78 is 12.6. The van der Waals surface area contributed by atoms with Gasteiger partial charge in [-0.2, -0.15) is 0 Å². The average Bonchev–Trinajstić information content (AvgIpc) is 3.88. The molecule has 0 bridgehead atoms. The van der Waals surface area contributed by atoms with E-state index in [9.17, 15) is 4.89 Å². The highest BCUT2D eigenvalue weighted by molar-refractivity contribution is 7.41. The summed E-state index contributed by atoms with van der Waals surface area (Å²) in [5, 5.41) is 0. The zero-order valence-corrected chi connectivity index (χ0v) is 21.8. The molecule has 0 saturated heterocycles. The van der Waals surface area contributed by atoms with E-state index >= 15 is 0 Å². The van der Waals surface area contributed by atoms with Gasteiger partial charge in [-0.1, -0.05) is 97.1 Å². The van der Waals surface area contributed by atoms with E-state index in [1.807, 2.05) is 12.1 Å². The van der Waals surface area contributed by atoms with Crippen LogP contribution in [0.25, 0.3) is 23.7 Å². The maximum atomic E-state index is 11.3. The van der Waals surface area contributed by atoms with E-state index in [-0.39, 0.29) is 10.8 Å². The van der Waals surface area contributed by atoms with Crippen molar-refractivity contribution in [3.63, 3.8) is 0 Å². The normalized spacial score (nSPS) is 18.7. The maximum Gasteiger partial charge on any atom is 0.460 e. The average molecular weight is 515 g/mol. The van der Waals surface area contributed by atoms with Gasteiger partial charge in [0.2, 0.25) is 0 Å². The molecular weight excluding hydrogens is 487 g/mol. The molecule has 2 fully saturated rings. The largest absolute Gasteiger partial charge is 0.460 e. The number of rotatable bonds is 4. The van der Waals surface area contributed by atoms with Crippen molar-refractivity contribution in [1.82, 2.24) is 0 Å². The molecule has 8 rings (SSSR count). The van der Waals surface area contributed by atoms with Crippen LogP contribution in [0.1, 0.15) is 70.2 Å². The van der Waals surface area contributed by atoms with E-state index in [0.717, 1.165) is 47.9 Å². The van der Waals surface area contributed by atoms with Crippen LogP contribution in [0.4, 0.5) is 0 Å². The van der Waals surface area contributed by atoms with E-state index in [1.54, 1.807) is 0 Å². The summed E-state index contributed by atoms with van der Waals surface area (Å²) in [6.45, 7) is 0. The van der Waals surface area contributed by atoms with Crippen LogP contribution >= 0.6 is 8.60 Å². The summed E-state index contributed by atoms with van der Waals surface area (Å²) in [6.07, 6.45) is 8.63. The minimum absolute atomic E-state index is 0.0267. The minimum atomic E-state index is -2.23. The van der Waals surface area contributed by atoms with E-state index < -0.39 is 8.60 Å². The lowest BCUT2D eigenvalue weighted by atomic mass is 9.84. The second kappa shape index (κ2) is 8.17. The van der Waals surface area contributed by atoms with Crippen LogP contribution in [0.5, 0.6) is 0 Å². The van der Waals surface area contributed by atoms with Gasteiger partial charge in [0, 0.05) is 22.0 Å². The van der Waals surface area contributed by atoms with Gasteiger partial charge in [0.1, 0.15) is 11.5 Å². The first kappa shape index (κ1) is 22.3. The quantitative estimate of drug-likeness (QED) is 0.278. The lowest BCUT2D eigenvalue weighted by Gasteiger charge is -2.21. The van der Waals surface area contributed by atoms with Crippen LogP contribution in [0, 0.1) is 0 Å². The first-order valence-corrected chi connectivity index (χ1v) is 14.5. The smallest absolute Gasteiger partial charge is 0.417 e. The molecule has 38 heavy (non-hydrogen) atoms. The van der Waals surface area contributed by atoms with Crippen molar-refractivity contribution in [2.75, 3.05) is 0 Å². The molecule has 2 spiro atoms. The standard InChI is InChI=1S/C34H27O3P/c35-38(36-31-21-23-9-1-5-13-27(23)33(17-18-33)29-15-7-3-11-25(29)31)37-32-22-24-10-2-6-14-28(24)34(19-20-34)30-16-8-4-12-26(30)32/h1-16,21-22,35H,17-20H2. The fourth-order valence-corrected chi connectivity index (χ4v) is 7.42. The van der Waals surface area contributed by atoms with Crippen molar-refractivity contribution in [3.8, 4) is 0 Å². The molecule has 0 aromatic heterocycles. The third-order valence-corrected chi connectivity index (χ3v) is 9.50. The second-order valence-corrected chi connectivity index (χ2v) is 11.7. The Morgan fingerprint density at radius 3 is 1.29 bits per heavy atom. The van der Waals surface area contributed by atoms with Gasteiger partial charge in [-0.3, -0.25) is 0 Å². The van der Waals surface area contributed by atoms with Crippen molar-refractivity contribution in [2.24, 2.45) is 0 Å². The molecule has 0 heterocycles. The minimum Gasteiger partial charge on any atom is -0.417 e. The van der Waals surface area contributed by atoms with Gasteiger partial charge in [0.05, 0.1) is 0 Å². The lowest BCUT2D eigenvalue weighted by Crippen LogP contribution is -2.11. The highest BCUT2D eigenvalue weighted by Gasteiger charge is 2.50. The first-order valence-electron chi connectivity index (χ1n) is 13.4. The molecule has 4 aliphatic rings. The molecule has 186 valence electrons. The highest BCUT2D eigenvalue weighted by atomic mass is 31.2. The summed E-state index contributed by atoms with van der Waals surface area (Å²) in [6, 6.07) is 34.0. The monoisotopic (exact) mass is 514 g/mol. The molecule has 0 radical (unpaired) electrons. The number of fused-ring (bicyclic) bond motifs is 8. The van der Waals surface area contributed by atoms with Crippen LogP contribution in [-0.4, -0.2) is 4.89 Å². The van der Waals surface area contributed by atoms with Gasteiger partial charge in [-0.15, -0.1) is 0 Å². The summed E-state index contributed by atoms with van der Waals surface area (Å²) in [4.78, 5) is 11.3. The molecule has 0 amide bonds. The third kappa shape index (κ3) is 3.29. The molecule has 3 nitrogen and oxygen atoms in total. The third-order valence-electron chi connectivity index (χ3n) is 8.79. The molecule has 4 aromatic rings. The van der Waals surface area contributed by atoms with E-state index in [4.69, 9.17) is 9.05 Å². The Bertz CT molecular complexity index is 1530. The molecule has 0 atom stereocenters. The molecule has 0 unspecified atom stereocenters. The Morgan fingerprint density at radius 2 is 0.868 bits per heavy atom. The SMILES string of the molecule is OP(OC1=Cc2ccccc2C2(CC2)c2ccccc21)OC1=Cc2ccccc2C2(CC2)c2ccccc21. The predicted octanol–water partition coefficient (Wildman–Crippen LogP) is 8.42. The fourth-order valence-electron chi connectivity index (χ4n) is 6.74. The van der Waals surface area contributed by atoms with Crippen molar-refractivity contribution in [2.45, 2.75) is 36.5 Å². The van der Waals surface area contributed by atoms with Crippen LogP contribution in [-0.2, 0) is 19.9 Å². The summed E-state index contributed by atoms with van der Waals surface area (Å²) in [5.41, 5.74) is 9.60. The molecular formula is C34H27O3P. The number of hydrogen-bond acceptors (Lipinski definition) is 3. The number of benzene rings is 4. The van der Waals surface area contributed by atoms with Gasteiger partial charge in [0.15, 0.2) is 0 Å². The molecule has 2 saturated carbocycles.